The summed E-state index contributed by atoms with van der Waals surface area (Å²) in [6.07, 6.45) is -3.07. The van der Waals surface area contributed by atoms with E-state index in [1.54, 1.807) is 0 Å². The zero-order valence-corrected chi connectivity index (χ0v) is 7.00. The zero-order chi connectivity index (χ0) is 10.8. The number of methoxy groups -OCH3 is 1. The number of hydrogen-bond donors (Lipinski definition) is 0. The van der Waals surface area contributed by atoms with Gasteiger partial charge in [0.1, 0.15) is 0 Å². The summed E-state index contributed by atoms with van der Waals surface area (Å²) in [5.41, 5.74) is -0.125. The molecule has 0 amide bonds. The molecule has 0 atom stereocenters. The predicted molar refractivity (Wildman–Crippen MR) is 38.4 cm³/mol. The van der Waals surface area contributed by atoms with Crippen LogP contribution in [0.25, 0.3) is 0 Å². The third-order valence-electron chi connectivity index (χ3n) is 1.33. The smallest absolute Gasteiger partial charge is 0.451 e. The van der Waals surface area contributed by atoms with Crippen molar-refractivity contribution in [2.24, 2.45) is 0 Å². The van der Waals surface area contributed by atoms with E-state index in [0.29, 0.717) is 0 Å². The topological polar surface area (TPSA) is 52.1 Å². The summed E-state index contributed by atoms with van der Waals surface area (Å²) in [5.74, 6) is -2.07. The van der Waals surface area contributed by atoms with E-state index in [1.165, 1.54) is 0 Å². The highest BCUT2D eigenvalue weighted by Gasteiger charge is 2.34. The highest BCUT2D eigenvalue weighted by Crippen LogP contribution is 2.25. The molecule has 1 heterocycles. The van der Waals surface area contributed by atoms with E-state index in [2.05, 4.69) is 14.7 Å². The summed E-state index contributed by atoms with van der Waals surface area (Å²) in [4.78, 5) is 16.8. The van der Waals surface area contributed by atoms with Crippen LogP contribution in [0.3, 0.4) is 0 Å². The minimum atomic E-state index is -4.60. The van der Waals surface area contributed by atoms with Crippen molar-refractivity contribution >= 4 is 5.97 Å². The van der Waals surface area contributed by atoms with Crippen molar-refractivity contribution in [3.05, 3.63) is 23.8 Å². The largest absolute Gasteiger partial charge is 0.465 e. The van der Waals surface area contributed by atoms with Crippen LogP contribution in [0.4, 0.5) is 13.2 Å². The van der Waals surface area contributed by atoms with E-state index in [4.69, 9.17) is 0 Å². The van der Waals surface area contributed by atoms with E-state index in [1.807, 2.05) is 0 Å². The first-order chi connectivity index (χ1) is 6.45. The van der Waals surface area contributed by atoms with Crippen molar-refractivity contribution in [3.63, 3.8) is 0 Å². The van der Waals surface area contributed by atoms with Gasteiger partial charge in [0.15, 0.2) is 0 Å². The van der Waals surface area contributed by atoms with Gasteiger partial charge in [0.25, 0.3) is 0 Å². The van der Waals surface area contributed by atoms with Gasteiger partial charge in [-0.05, 0) is 0 Å². The van der Waals surface area contributed by atoms with Crippen LogP contribution in [-0.2, 0) is 10.9 Å². The van der Waals surface area contributed by atoms with Gasteiger partial charge in [-0.1, -0.05) is 0 Å². The zero-order valence-electron chi connectivity index (χ0n) is 7.00. The molecule has 0 bridgehead atoms. The van der Waals surface area contributed by atoms with Gasteiger partial charge in [0.2, 0.25) is 5.82 Å². The number of ether oxygens (including phenoxy) is 1. The SMILES string of the molecule is COC(=O)c1cnc(C(F)(F)F)nc1. The molecule has 7 heteroatoms. The number of alkyl halides is 3. The molecule has 0 aliphatic heterocycles. The number of nitrogens with zero attached hydrogens (tertiary/aromatic N) is 2. The van der Waals surface area contributed by atoms with Crippen LogP contribution in [0, 0.1) is 0 Å². The fraction of sp³-hybridized carbons (Fsp3) is 0.286. The lowest BCUT2D eigenvalue weighted by molar-refractivity contribution is -0.145. The molecule has 0 aliphatic carbocycles. The summed E-state index contributed by atoms with van der Waals surface area (Å²) in [6.45, 7) is 0. The number of hydrogen-bond acceptors (Lipinski definition) is 4. The Hall–Kier alpha value is -1.66. The van der Waals surface area contributed by atoms with Crippen molar-refractivity contribution < 1.29 is 22.7 Å². The molecule has 0 unspecified atom stereocenters. The van der Waals surface area contributed by atoms with Crippen LogP contribution in [0.1, 0.15) is 16.2 Å². The van der Waals surface area contributed by atoms with Crippen molar-refractivity contribution in [3.8, 4) is 0 Å². The Morgan fingerprint density at radius 3 is 2.21 bits per heavy atom. The molecule has 1 aromatic heterocycles. The molecule has 0 aliphatic rings. The normalized spacial score (nSPS) is 11.1. The van der Waals surface area contributed by atoms with Crippen molar-refractivity contribution in [2.75, 3.05) is 7.11 Å². The monoisotopic (exact) mass is 206 g/mol. The van der Waals surface area contributed by atoms with Crippen LogP contribution < -0.4 is 0 Å². The van der Waals surface area contributed by atoms with Gasteiger partial charge < -0.3 is 4.74 Å². The van der Waals surface area contributed by atoms with Gasteiger partial charge in [0.05, 0.1) is 12.7 Å². The van der Waals surface area contributed by atoms with Crippen LogP contribution in [-0.4, -0.2) is 23.0 Å². The summed E-state index contributed by atoms with van der Waals surface area (Å²) >= 11 is 0. The van der Waals surface area contributed by atoms with Crippen molar-refractivity contribution in [1.82, 2.24) is 9.97 Å². The molecular weight excluding hydrogens is 201 g/mol. The fourth-order valence-corrected chi connectivity index (χ4v) is 0.698. The molecule has 0 saturated carbocycles. The van der Waals surface area contributed by atoms with E-state index in [0.717, 1.165) is 19.5 Å². The van der Waals surface area contributed by atoms with Gasteiger partial charge in [-0.3, -0.25) is 0 Å². The average molecular weight is 206 g/mol. The van der Waals surface area contributed by atoms with Gasteiger partial charge in [0, 0.05) is 12.4 Å². The molecule has 1 aromatic rings. The van der Waals surface area contributed by atoms with Crippen LogP contribution in [0.2, 0.25) is 0 Å². The third-order valence-corrected chi connectivity index (χ3v) is 1.33. The Morgan fingerprint density at radius 1 is 1.36 bits per heavy atom. The lowest BCUT2D eigenvalue weighted by atomic mass is 10.3. The second-order valence-electron chi connectivity index (χ2n) is 2.28. The summed E-state index contributed by atoms with van der Waals surface area (Å²) in [7, 11) is 1.11. The molecular formula is C7H5F3N2O2. The number of aromatic nitrogens is 2. The van der Waals surface area contributed by atoms with Gasteiger partial charge >= 0.3 is 12.1 Å². The number of carbonyl (C=O) groups excluding carboxylic acids is 1. The maximum absolute atomic E-state index is 12.0. The molecule has 14 heavy (non-hydrogen) atoms. The van der Waals surface area contributed by atoms with Crippen LogP contribution in [0.15, 0.2) is 12.4 Å². The summed E-state index contributed by atoms with van der Waals surface area (Å²) in [6, 6.07) is 0. The summed E-state index contributed by atoms with van der Waals surface area (Å²) < 4.78 is 40.1. The molecule has 0 saturated heterocycles. The van der Waals surface area contributed by atoms with Crippen molar-refractivity contribution in [1.29, 1.82) is 0 Å². The van der Waals surface area contributed by atoms with E-state index in [-0.39, 0.29) is 5.56 Å². The first-order valence-corrected chi connectivity index (χ1v) is 3.42. The Labute approximate surface area is 76.7 Å². The van der Waals surface area contributed by atoms with E-state index >= 15 is 0 Å². The Bertz CT molecular complexity index is 334. The summed E-state index contributed by atoms with van der Waals surface area (Å²) in [5, 5.41) is 0. The second-order valence-corrected chi connectivity index (χ2v) is 2.28. The first kappa shape index (κ1) is 10.4. The standard InChI is InChI=1S/C7H5F3N2O2/c1-14-5(13)4-2-11-6(12-3-4)7(8,9)10/h2-3H,1H3. The molecule has 0 aromatic carbocycles. The Morgan fingerprint density at radius 2 is 1.86 bits per heavy atom. The second kappa shape index (κ2) is 3.60. The Balaban J connectivity index is 2.95. The maximum Gasteiger partial charge on any atom is 0.451 e. The van der Waals surface area contributed by atoms with Gasteiger partial charge in [-0.2, -0.15) is 13.2 Å². The number of rotatable bonds is 1. The molecule has 0 spiro atoms. The van der Waals surface area contributed by atoms with E-state index < -0.39 is 18.0 Å². The highest BCUT2D eigenvalue weighted by molar-refractivity contribution is 5.88. The molecule has 0 fully saturated rings. The van der Waals surface area contributed by atoms with Crippen molar-refractivity contribution in [2.45, 2.75) is 6.18 Å². The first-order valence-electron chi connectivity index (χ1n) is 3.42. The molecule has 0 N–H and O–H groups in total. The minimum absolute atomic E-state index is 0.125. The minimum Gasteiger partial charge on any atom is -0.465 e. The number of esters is 1. The maximum atomic E-state index is 12.0. The van der Waals surface area contributed by atoms with Crippen LogP contribution in [0.5, 0.6) is 0 Å². The fourth-order valence-electron chi connectivity index (χ4n) is 0.698. The highest BCUT2D eigenvalue weighted by atomic mass is 19.4. The lowest BCUT2D eigenvalue weighted by Crippen LogP contribution is -2.12. The molecule has 0 radical (unpaired) electrons. The van der Waals surface area contributed by atoms with Gasteiger partial charge in [-0.25, -0.2) is 14.8 Å². The Kier molecular flexibility index (Phi) is 2.68. The average Bonchev–Trinajstić information content (AvgIpc) is 2.15. The van der Waals surface area contributed by atoms with E-state index in [9.17, 15) is 18.0 Å². The van der Waals surface area contributed by atoms with Crippen LogP contribution >= 0.6 is 0 Å². The van der Waals surface area contributed by atoms with Gasteiger partial charge in [-0.15, -0.1) is 0 Å². The number of carbonyl (C=O) groups is 1. The molecule has 76 valence electrons. The number of halogens is 3. The quantitative estimate of drug-likeness (QED) is 0.649. The predicted octanol–water partition coefficient (Wildman–Crippen LogP) is 1.28. The third kappa shape index (κ3) is 2.18. The molecule has 4 nitrogen and oxygen atoms in total. The molecule has 1 rings (SSSR count). The lowest BCUT2D eigenvalue weighted by Gasteiger charge is -2.03.